The summed E-state index contributed by atoms with van der Waals surface area (Å²) in [4.78, 5) is 12.0. The van der Waals surface area contributed by atoms with E-state index in [4.69, 9.17) is 9.47 Å². The fourth-order valence-electron chi connectivity index (χ4n) is 3.31. The van der Waals surface area contributed by atoms with Gasteiger partial charge in [-0.05, 0) is 42.7 Å². The van der Waals surface area contributed by atoms with Crippen molar-refractivity contribution < 1.29 is 19.4 Å². The lowest BCUT2D eigenvalue weighted by molar-refractivity contribution is -0.139. The van der Waals surface area contributed by atoms with Crippen molar-refractivity contribution in [2.24, 2.45) is 11.8 Å². The fourth-order valence-corrected chi connectivity index (χ4v) is 3.31. The van der Waals surface area contributed by atoms with E-state index in [0.717, 1.165) is 16.9 Å². The van der Waals surface area contributed by atoms with Crippen molar-refractivity contribution in [2.75, 3.05) is 13.7 Å². The summed E-state index contributed by atoms with van der Waals surface area (Å²) in [6.45, 7) is 4.76. The second-order valence-corrected chi connectivity index (χ2v) is 7.73. The van der Waals surface area contributed by atoms with E-state index in [2.05, 4.69) is 0 Å². The molecule has 1 unspecified atom stereocenters. The molecule has 0 amide bonds. The van der Waals surface area contributed by atoms with Gasteiger partial charge in [0, 0.05) is 17.2 Å². The van der Waals surface area contributed by atoms with Crippen LogP contribution < -0.4 is 9.47 Å². The maximum absolute atomic E-state index is 12.0. The highest BCUT2D eigenvalue weighted by Crippen LogP contribution is 2.41. The summed E-state index contributed by atoms with van der Waals surface area (Å²) in [6.07, 6.45) is 2.99. The van der Waals surface area contributed by atoms with E-state index in [1.807, 2.05) is 56.3 Å². The second kappa shape index (κ2) is 8.47. The van der Waals surface area contributed by atoms with Crippen molar-refractivity contribution in [2.45, 2.75) is 39.0 Å². The predicted octanol–water partition coefficient (Wildman–Crippen LogP) is 5.37. The number of ether oxygens (including phenoxy) is 2. The molecule has 2 aromatic carbocycles. The molecular weight excluding hydrogens is 340 g/mol. The summed E-state index contributed by atoms with van der Waals surface area (Å²) < 4.78 is 11.7. The highest BCUT2D eigenvalue weighted by atomic mass is 16.5. The summed E-state index contributed by atoms with van der Waals surface area (Å²) in [5.74, 6) is 0.789. The van der Waals surface area contributed by atoms with Gasteiger partial charge in [-0.1, -0.05) is 44.2 Å². The van der Waals surface area contributed by atoms with Gasteiger partial charge < -0.3 is 14.6 Å². The van der Waals surface area contributed by atoms with Crippen LogP contribution in [0.3, 0.4) is 0 Å². The molecule has 4 nitrogen and oxygen atoms in total. The first-order chi connectivity index (χ1) is 13.0. The van der Waals surface area contributed by atoms with E-state index >= 15 is 0 Å². The lowest BCUT2D eigenvalue weighted by atomic mass is 9.87. The molecule has 144 valence electrons. The van der Waals surface area contributed by atoms with Crippen LogP contribution in [0, 0.1) is 11.8 Å². The largest absolute Gasteiger partial charge is 0.496 e. The number of hydrogen-bond donors (Lipinski definition) is 1. The Morgan fingerprint density at radius 2 is 1.85 bits per heavy atom. The molecule has 0 saturated heterocycles. The van der Waals surface area contributed by atoms with Gasteiger partial charge >= 0.3 is 5.97 Å². The van der Waals surface area contributed by atoms with Gasteiger partial charge in [0.05, 0.1) is 19.6 Å². The number of carboxylic acid groups (broad SMARTS) is 1. The van der Waals surface area contributed by atoms with Crippen molar-refractivity contribution in [1.29, 1.82) is 0 Å². The van der Waals surface area contributed by atoms with Gasteiger partial charge in [0.25, 0.3) is 0 Å². The van der Waals surface area contributed by atoms with E-state index in [1.54, 1.807) is 7.11 Å². The lowest BCUT2D eigenvalue weighted by Crippen LogP contribution is -2.15. The SMILES string of the molecule is COc1cc(OCC2CC2)c(-c2ccccc2)cc1C(CC(C)C)C(=O)O. The first-order valence-electron chi connectivity index (χ1n) is 9.62. The minimum absolute atomic E-state index is 0.266. The molecule has 2 aromatic rings. The molecule has 0 bridgehead atoms. The molecule has 0 radical (unpaired) electrons. The maximum atomic E-state index is 12.0. The van der Waals surface area contributed by atoms with Crippen LogP contribution in [-0.2, 0) is 4.79 Å². The number of benzene rings is 2. The fraction of sp³-hybridized carbons (Fsp3) is 0.435. The molecule has 1 aliphatic carbocycles. The van der Waals surface area contributed by atoms with E-state index in [9.17, 15) is 9.90 Å². The van der Waals surface area contributed by atoms with Crippen LogP contribution >= 0.6 is 0 Å². The van der Waals surface area contributed by atoms with Gasteiger partial charge in [0.2, 0.25) is 0 Å². The van der Waals surface area contributed by atoms with Crippen LogP contribution in [0.1, 0.15) is 44.6 Å². The molecule has 1 N–H and O–H groups in total. The third-order valence-electron chi connectivity index (χ3n) is 4.97. The summed E-state index contributed by atoms with van der Waals surface area (Å²) in [5, 5.41) is 9.82. The van der Waals surface area contributed by atoms with E-state index < -0.39 is 11.9 Å². The van der Waals surface area contributed by atoms with Crippen molar-refractivity contribution in [1.82, 2.24) is 0 Å². The molecule has 1 saturated carbocycles. The first-order valence-corrected chi connectivity index (χ1v) is 9.62. The standard InChI is InChI=1S/C23H28O4/c1-15(2)11-20(23(24)25)19-12-18(17-7-5-4-6-8-17)22(13-21(19)26-3)27-14-16-9-10-16/h4-8,12-13,15-16,20H,9-11,14H2,1-3H3,(H,24,25). The predicted molar refractivity (Wildman–Crippen MR) is 106 cm³/mol. The highest BCUT2D eigenvalue weighted by Gasteiger charge is 2.28. The Bertz CT molecular complexity index is 778. The highest BCUT2D eigenvalue weighted by molar-refractivity contribution is 5.80. The Kier molecular flexibility index (Phi) is 6.04. The molecule has 4 heteroatoms. The van der Waals surface area contributed by atoms with E-state index in [0.29, 0.717) is 30.3 Å². The van der Waals surface area contributed by atoms with Gasteiger partial charge in [-0.25, -0.2) is 0 Å². The smallest absolute Gasteiger partial charge is 0.311 e. The average molecular weight is 368 g/mol. The average Bonchev–Trinajstić information content (AvgIpc) is 3.48. The molecule has 0 aromatic heterocycles. The Morgan fingerprint density at radius 3 is 2.41 bits per heavy atom. The van der Waals surface area contributed by atoms with E-state index in [1.165, 1.54) is 12.8 Å². The van der Waals surface area contributed by atoms with Gasteiger partial charge in [-0.15, -0.1) is 0 Å². The Labute approximate surface area is 161 Å². The van der Waals surface area contributed by atoms with Gasteiger partial charge in [0.1, 0.15) is 11.5 Å². The van der Waals surface area contributed by atoms with Gasteiger partial charge in [-0.3, -0.25) is 4.79 Å². The Balaban J connectivity index is 2.08. The van der Waals surface area contributed by atoms with Crippen LogP contribution in [-0.4, -0.2) is 24.8 Å². The molecule has 1 atom stereocenters. The molecule has 0 spiro atoms. The zero-order valence-corrected chi connectivity index (χ0v) is 16.3. The second-order valence-electron chi connectivity index (χ2n) is 7.73. The molecule has 1 fully saturated rings. The third kappa shape index (κ3) is 4.82. The van der Waals surface area contributed by atoms with Gasteiger partial charge in [0.15, 0.2) is 0 Å². The maximum Gasteiger partial charge on any atom is 0.311 e. The lowest BCUT2D eigenvalue weighted by Gasteiger charge is -2.21. The Morgan fingerprint density at radius 1 is 1.15 bits per heavy atom. The Hall–Kier alpha value is -2.49. The van der Waals surface area contributed by atoms with Crippen molar-refractivity contribution in [3.05, 3.63) is 48.0 Å². The van der Waals surface area contributed by atoms with Crippen molar-refractivity contribution in [3.63, 3.8) is 0 Å². The number of hydrogen-bond acceptors (Lipinski definition) is 3. The normalized spacial score (nSPS) is 14.8. The van der Waals surface area contributed by atoms with Crippen molar-refractivity contribution in [3.8, 4) is 22.6 Å². The zero-order valence-electron chi connectivity index (χ0n) is 16.3. The minimum Gasteiger partial charge on any atom is -0.496 e. The van der Waals surface area contributed by atoms with Crippen LogP contribution in [0.4, 0.5) is 0 Å². The topological polar surface area (TPSA) is 55.8 Å². The number of carbonyl (C=O) groups is 1. The monoisotopic (exact) mass is 368 g/mol. The number of rotatable bonds is 9. The molecule has 27 heavy (non-hydrogen) atoms. The summed E-state index contributed by atoms with van der Waals surface area (Å²) in [5.41, 5.74) is 2.64. The summed E-state index contributed by atoms with van der Waals surface area (Å²) in [7, 11) is 1.58. The summed E-state index contributed by atoms with van der Waals surface area (Å²) in [6, 6.07) is 13.8. The quantitative estimate of drug-likeness (QED) is 0.647. The number of aliphatic carboxylic acids is 1. The van der Waals surface area contributed by atoms with Crippen LogP contribution in [0.15, 0.2) is 42.5 Å². The molecule has 3 rings (SSSR count). The first kappa shape index (κ1) is 19.3. The zero-order chi connectivity index (χ0) is 19.4. The minimum atomic E-state index is -0.826. The third-order valence-corrected chi connectivity index (χ3v) is 4.97. The number of methoxy groups -OCH3 is 1. The van der Waals surface area contributed by atoms with Crippen LogP contribution in [0.25, 0.3) is 11.1 Å². The van der Waals surface area contributed by atoms with Crippen LogP contribution in [0.5, 0.6) is 11.5 Å². The molecular formula is C23H28O4. The summed E-state index contributed by atoms with van der Waals surface area (Å²) >= 11 is 0. The number of carboxylic acids is 1. The molecule has 1 aliphatic rings. The van der Waals surface area contributed by atoms with Gasteiger partial charge in [-0.2, -0.15) is 0 Å². The van der Waals surface area contributed by atoms with Crippen LogP contribution in [0.2, 0.25) is 0 Å². The molecule has 0 heterocycles. The molecule has 0 aliphatic heterocycles. The van der Waals surface area contributed by atoms with Crippen molar-refractivity contribution >= 4 is 5.97 Å². The van der Waals surface area contributed by atoms with E-state index in [-0.39, 0.29) is 5.92 Å².